The van der Waals surface area contributed by atoms with Crippen molar-refractivity contribution in [2.24, 2.45) is 0 Å². The molecule has 1 atom stereocenters. The molecule has 1 unspecified atom stereocenters. The van der Waals surface area contributed by atoms with Crippen molar-refractivity contribution in [1.82, 2.24) is 0 Å². The van der Waals surface area contributed by atoms with Crippen molar-refractivity contribution in [1.29, 1.82) is 0 Å². The van der Waals surface area contributed by atoms with Gasteiger partial charge in [0.15, 0.2) is 0 Å². The maximum Gasteiger partial charge on any atom is -0.0398 e. The zero-order valence-corrected chi connectivity index (χ0v) is 16.0. The van der Waals surface area contributed by atoms with Gasteiger partial charge in [-0.2, -0.15) is 0 Å². The average molecular weight is 446 g/mol. The molecule has 0 heterocycles. The van der Waals surface area contributed by atoms with Gasteiger partial charge in [-0.25, -0.2) is 0 Å². The van der Waals surface area contributed by atoms with Crippen LogP contribution in [0.4, 0.5) is 5.69 Å². The van der Waals surface area contributed by atoms with E-state index in [0.29, 0.717) is 5.69 Å². The summed E-state index contributed by atoms with van der Waals surface area (Å²) in [6, 6.07) is 14.4. The number of carbonyl (C=O) groups excluding carboxylic acids is 1. The minimum Gasteiger partial charge on any atom is -0.0622 e. The van der Waals surface area contributed by atoms with Crippen LogP contribution in [-0.4, -0.2) is 29.4 Å². The molecule has 2 aromatic rings. The number of nitrogens with one attached hydrogen (secondary N) is 1. The van der Waals surface area contributed by atoms with Crippen molar-refractivity contribution >= 4 is 46.0 Å². The Kier molecular flexibility index (Phi) is 7.74. The van der Waals surface area contributed by atoms with Gasteiger partial charge in [0.2, 0.25) is 0 Å². The van der Waals surface area contributed by atoms with Crippen LogP contribution in [0.3, 0.4) is 0 Å². The predicted molar refractivity (Wildman–Crippen MR) is 91.6 cm³/mol. The Bertz CT molecular complexity index is 708. The van der Waals surface area contributed by atoms with Crippen molar-refractivity contribution in [3.8, 4) is 0 Å². The monoisotopic (exact) mass is 445 g/mol. The molecule has 3 N–H and O–H groups in total. The summed E-state index contributed by atoms with van der Waals surface area (Å²) in [6.45, 7) is 3.43. The van der Waals surface area contributed by atoms with Gasteiger partial charge < -0.3 is 0 Å². The quantitative estimate of drug-likeness (QED) is 0.383. The predicted octanol–water partition coefficient (Wildman–Crippen LogP) is 2.46. The minimum atomic E-state index is -4.86. The van der Waals surface area contributed by atoms with Crippen LogP contribution < -0.4 is 9.67 Å². The van der Waals surface area contributed by atoms with Gasteiger partial charge in [-0.15, -0.1) is 0 Å². The largest absolute Gasteiger partial charge is 0.0622 e. The number of benzene rings is 2. The van der Waals surface area contributed by atoms with E-state index in [0.717, 1.165) is 0 Å². The molecule has 0 spiro atoms. The first kappa shape index (κ1) is 19.7. The van der Waals surface area contributed by atoms with Crippen molar-refractivity contribution in [2.45, 2.75) is 13.8 Å². The molecule has 2 aromatic carbocycles. The van der Waals surface area contributed by atoms with E-state index in [1.54, 1.807) is 0 Å². The van der Waals surface area contributed by atoms with Crippen LogP contribution in [0.2, 0.25) is 0 Å². The first-order chi connectivity index (χ1) is 10.8. The Morgan fingerprint density at radius 1 is 1.22 bits per heavy atom. The number of carbonyl (C=O) groups is 1. The standard InChI is InChI=1S/C8H9AsBrNO5.C7H8/c1-5(12)11-6-2-3-7(8(10)4-6)9(13,14)16-15;1-7-5-3-2-4-6-7/h2-4,15H,1H3,(H,11,12)(H,13,14);2-6H,1H3. The molecule has 0 radical (unpaired) electrons. The minimum absolute atomic E-state index is 0.0327. The molecule has 0 bridgehead atoms. The van der Waals surface area contributed by atoms with Crippen molar-refractivity contribution < 1.29 is 21.8 Å². The van der Waals surface area contributed by atoms with Crippen LogP contribution in [0.5, 0.6) is 0 Å². The molecule has 1 amide bonds. The van der Waals surface area contributed by atoms with Gasteiger partial charge in [-0.1, -0.05) is 35.9 Å². The van der Waals surface area contributed by atoms with Crippen LogP contribution in [0.25, 0.3) is 0 Å². The molecule has 0 aromatic heterocycles. The fourth-order valence-corrected chi connectivity index (χ4v) is 4.58. The molecule has 0 saturated carbocycles. The van der Waals surface area contributed by atoms with Gasteiger partial charge in [0.25, 0.3) is 0 Å². The molecule has 124 valence electrons. The average Bonchev–Trinajstić information content (AvgIpc) is 2.48. The van der Waals surface area contributed by atoms with E-state index in [2.05, 4.69) is 44.2 Å². The molecule has 2 rings (SSSR count). The summed E-state index contributed by atoms with van der Waals surface area (Å²) in [6.07, 6.45) is 0. The van der Waals surface area contributed by atoms with Gasteiger partial charge in [0, 0.05) is 0 Å². The third-order valence-electron chi connectivity index (χ3n) is 2.62. The van der Waals surface area contributed by atoms with E-state index in [1.807, 2.05) is 18.2 Å². The summed E-state index contributed by atoms with van der Waals surface area (Å²) in [7, 11) is 0. The topological polar surface area (TPSA) is 95.9 Å². The number of halogens is 1. The summed E-state index contributed by atoms with van der Waals surface area (Å²) in [5.74, 6) is -0.254. The van der Waals surface area contributed by atoms with E-state index >= 15 is 0 Å². The maximum atomic E-state index is 11.4. The number of hydrogen-bond donors (Lipinski definition) is 3. The Labute approximate surface area is 145 Å². The fourth-order valence-electron chi connectivity index (χ4n) is 1.60. The molecule has 23 heavy (non-hydrogen) atoms. The second kappa shape index (κ2) is 9.05. The van der Waals surface area contributed by atoms with Gasteiger partial charge in [0.1, 0.15) is 0 Å². The summed E-state index contributed by atoms with van der Waals surface area (Å²) in [5, 5.41) is 10.8. The van der Waals surface area contributed by atoms with Gasteiger partial charge in [0.05, 0.1) is 0 Å². The maximum absolute atomic E-state index is 11.4. The molecule has 0 aliphatic carbocycles. The summed E-state index contributed by atoms with van der Waals surface area (Å²) in [5.41, 5.74) is 1.79. The number of aryl methyl sites for hydroxylation is 1. The normalized spacial score (nSPS) is 12.6. The first-order valence-corrected chi connectivity index (χ1v) is 10.6. The molecule has 0 saturated heterocycles. The molecule has 0 aliphatic heterocycles. The number of anilines is 1. The summed E-state index contributed by atoms with van der Waals surface area (Å²) >= 11 is -1.81. The van der Waals surface area contributed by atoms with Crippen LogP contribution in [0.15, 0.2) is 53.0 Å². The summed E-state index contributed by atoms with van der Waals surface area (Å²) in [4.78, 5) is 10.8. The molecular weight excluding hydrogens is 429 g/mol. The van der Waals surface area contributed by atoms with E-state index in [-0.39, 0.29) is 14.7 Å². The second-order valence-electron chi connectivity index (χ2n) is 4.60. The molecule has 0 aliphatic rings. The molecule has 6 nitrogen and oxygen atoms in total. The Morgan fingerprint density at radius 3 is 2.22 bits per heavy atom. The molecular formula is C15H17AsBrNO5. The molecule has 8 heteroatoms. The first-order valence-electron chi connectivity index (χ1n) is 6.51. The Balaban J connectivity index is 0.000000313. The van der Waals surface area contributed by atoms with Crippen LogP contribution >= 0.6 is 15.9 Å². The van der Waals surface area contributed by atoms with Crippen molar-refractivity contribution in [3.63, 3.8) is 0 Å². The van der Waals surface area contributed by atoms with Crippen molar-refractivity contribution in [3.05, 3.63) is 58.6 Å². The van der Waals surface area contributed by atoms with E-state index in [1.165, 1.54) is 30.7 Å². The molecule has 0 fully saturated rings. The number of hydrogen-bond acceptors (Lipinski definition) is 4. The number of amides is 1. The SMILES string of the molecule is CC(=O)Nc1ccc([As](=O)(O)OO)c(Br)c1.Cc1ccccc1. The van der Waals surface area contributed by atoms with E-state index in [4.69, 9.17) is 5.26 Å². The van der Waals surface area contributed by atoms with Crippen LogP contribution in [0, 0.1) is 6.92 Å². The van der Waals surface area contributed by atoms with Gasteiger partial charge in [-0.05, 0) is 6.92 Å². The Morgan fingerprint density at radius 2 is 1.83 bits per heavy atom. The van der Waals surface area contributed by atoms with Crippen LogP contribution in [0.1, 0.15) is 12.5 Å². The van der Waals surface area contributed by atoms with Crippen LogP contribution in [-0.2, 0) is 12.4 Å². The second-order valence-corrected chi connectivity index (χ2v) is 9.00. The van der Waals surface area contributed by atoms with Gasteiger partial charge >= 0.3 is 103 Å². The third kappa shape index (κ3) is 6.72. The van der Waals surface area contributed by atoms with E-state index in [9.17, 15) is 12.6 Å². The smallest absolute Gasteiger partial charge is 0.0398 e. The third-order valence-corrected chi connectivity index (χ3v) is 6.51. The summed E-state index contributed by atoms with van der Waals surface area (Å²) < 4.78 is 24.5. The Hall–Kier alpha value is -1.37. The van der Waals surface area contributed by atoms with Gasteiger partial charge in [-0.3, -0.25) is 0 Å². The zero-order chi connectivity index (χ0) is 17.5. The fraction of sp³-hybridized carbons (Fsp3) is 0.133. The number of rotatable bonds is 3. The zero-order valence-electron chi connectivity index (χ0n) is 12.6. The van der Waals surface area contributed by atoms with E-state index < -0.39 is 14.2 Å². The van der Waals surface area contributed by atoms with Crippen molar-refractivity contribution in [2.75, 3.05) is 5.32 Å².